The number of rotatable bonds is 5. The third kappa shape index (κ3) is 2.98. The molecule has 0 spiro atoms. The maximum absolute atomic E-state index is 13.4. The normalized spacial score (nSPS) is 11.0. The molecule has 0 atom stereocenters. The van der Waals surface area contributed by atoms with Crippen molar-refractivity contribution in [2.45, 2.75) is 32.6 Å². The summed E-state index contributed by atoms with van der Waals surface area (Å²) >= 11 is 0. The molecule has 2 N–H and O–H groups in total. The van der Waals surface area contributed by atoms with Gasteiger partial charge in [0.15, 0.2) is 0 Å². The number of hydrogen-bond acceptors (Lipinski definition) is 2. The van der Waals surface area contributed by atoms with Crippen LogP contribution in [0.2, 0.25) is 0 Å². The lowest BCUT2D eigenvalue weighted by Gasteiger charge is -2.05. The molecule has 20 heavy (non-hydrogen) atoms. The van der Waals surface area contributed by atoms with Gasteiger partial charge in [0.05, 0.1) is 5.69 Å². The molecule has 0 aliphatic rings. The van der Waals surface area contributed by atoms with E-state index in [0.717, 1.165) is 37.4 Å². The highest BCUT2D eigenvalue weighted by Crippen LogP contribution is 2.31. The Morgan fingerprint density at radius 2 is 1.80 bits per heavy atom. The first-order chi connectivity index (χ1) is 9.52. The Bertz CT molecular complexity index is 585. The smallest absolute Gasteiger partial charge is 0.129 e. The fraction of sp³-hybridized carbons (Fsp3) is 0.400. The van der Waals surface area contributed by atoms with Gasteiger partial charge in [0, 0.05) is 18.7 Å². The Balaban J connectivity index is 2.43. The van der Waals surface area contributed by atoms with Crippen molar-refractivity contribution in [3.8, 4) is 11.1 Å². The van der Waals surface area contributed by atoms with Gasteiger partial charge in [0.25, 0.3) is 0 Å². The van der Waals surface area contributed by atoms with E-state index in [1.807, 2.05) is 0 Å². The van der Waals surface area contributed by atoms with Gasteiger partial charge in [0.1, 0.15) is 17.5 Å². The highest BCUT2D eigenvalue weighted by Gasteiger charge is 2.16. The van der Waals surface area contributed by atoms with Crippen molar-refractivity contribution in [1.82, 2.24) is 9.78 Å². The van der Waals surface area contributed by atoms with Crippen LogP contribution in [-0.4, -0.2) is 9.78 Å². The van der Waals surface area contributed by atoms with E-state index < -0.39 is 11.6 Å². The fourth-order valence-electron chi connectivity index (χ4n) is 2.32. The first-order valence-corrected chi connectivity index (χ1v) is 6.80. The number of nitrogen functional groups attached to an aromatic ring is 1. The van der Waals surface area contributed by atoms with Crippen molar-refractivity contribution in [2.24, 2.45) is 7.05 Å². The zero-order valence-corrected chi connectivity index (χ0v) is 11.8. The van der Waals surface area contributed by atoms with E-state index in [-0.39, 0.29) is 0 Å². The monoisotopic (exact) mass is 279 g/mol. The summed E-state index contributed by atoms with van der Waals surface area (Å²) in [7, 11) is 1.73. The molecule has 2 aromatic rings. The number of nitrogens with zero attached hydrogens (tertiary/aromatic N) is 2. The zero-order valence-electron chi connectivity index (χ0n) is 11.8. The van der Waals surface area contributed by atoms with Gasteiger partial charge >= 0.3 is 0 Å². The summed E-state index contributed by atoms with van der Waals surface area (Å²) in [5.41, 5.74) is 7.88. The van der Waals surface area contributed by atoms with Crippen molar-refractivity contribution in [3.63, 3.8) is 0 Å². The molecule has 3 nitrogen and oxygen atoms in total. The van der Waals surface area contributed by atoms with Crippen LogP contribution >= 0.6 is 0 Å². The second-order valence-electron chi connectivity index (χ2n) is 4.95. The largest absolute Gasteiger partial charge is 0.383 e. The van der Waals surface area contributed by atoms with E-state index in [4.69, 9.17) is 5.73 Å². The van der Waals surface area contributed by atoms with E-state index in [9.17, 15) is 8.78 Å². The molecule has 0 fully saturated rings. The molecule has 0 saturated carbocycles. The first kappa shape index (κ1) is 14.5. The molecule has 1 aromatic carbocycles. The molecule has 2 rings (SSSR count). The average molecular weight is 279 g/mol. The molecular formula is C15H19F2N3. The molecule has 5 heteroatoms. The minimum absolute atomic E-state index is 0.432. The van der Waals surface area contributed by atoms with Crippen molar-refractivity contribution < 1.29 is 8.78 Å². The van der Waals surface area contributed by atoms with Crippen LogP contribution in [0.25, 0.3) is 11.1 Å². The van der Waals surface area contributed by atoms with Crippen LogP contribution in [0.4, 0.5) is 14.6 Å². The number of aromatic nitrogens is 2. The number of anilines is 1. The van der Waals surface area contributed by atoms with Crippen LogP contribution in [0, 0.1) is 11.6 Å². The Morgan fingerprint density at radius 3 is 2.40 bits per heavy atom. The van der Waals surface area contributed by atoms with Gasteiger partial charge in [-0.3, -0.25) is 4.68 Å². The van der Waals surface area contributed by atoms with Gasteiger partial charge in [-0.25, -0.2) is 8.78 Å². The standard InChI is InChI=1S/C15H19F2N3/c1-3-4-5-6-13-14(15(18)20(2)19-13)10-7-11(16)9-12(17)8-10/h7-9H,3-6,18H2,1-2H3. The fourth-order valence-corrected chi connectivity index (χ4v) is 2.32. The van der Waals surface area contributed by atoms with Crippen LogP contribution in [0.1, 0.15) is 31.9 Å². The third-order valence-corrected chi connectivity index (χ3v) is 3.33. The summed E-state index contributed by atoms with van der Waals surface area (Å²) in [6.45, 7) is 2.12. The Kier molecular flexibility index (Phi) is 4.37. The SMILES string of the molecule is CCCCCc1nn(C)c(N)c1-c1cc(F)cc(F)c1. The molecule has 0 saturated heterocycles. The van der Waals surface area contributed by atoms with E-state index in [0.29, 0.717) is 16.9 Å². The van der Waals surface area contributed by atoms with Crippen LogP contribution in [0.3, 0.4) is 0 Å². The topological polar surface area (TPSA) is 43.8 Å². The van der Waals surface area contributed by atoms with Crippen molar-refractivity contribution in [2.75, 3.05) is 5.73 Å². The van der Waals surface area contributed by atoms with Gasteiger partial charge in [-0.1, -0.05) is 19.8 Å². The minimum Gasteiger partial charge on any atom is -0.383 e. The maximum atomic E-state index is 13.4. The summed E-state index contributed by atoms with van der Waals surface area (Å²) in [5, 5.41) is 4.36. The number of halogens is 2. The first-order valence-electron chi connectivity index (χ1n) is 6.80. The molecule has 0 unspecified atom stereocenters. The lowest BCUT2D eigenvalue weighted by Crippen LogP contribution is -1.98. The van der Waals surface area contributed by atoms with Crippen LogP contribution in [0.15, 0.2) is 18.2 Å². The summed E-state index contributed by atoms with van der Waals surface area (Å²) in [4.78, 5) is 0. The predicted octanol–water partition coefficient (Wildman–Crippen LogP) is 3.68. The summed E-state index contributed by atoms with van der Waals surface area (Å²) in [5.74, 6) is -0.785. The molecule has 0 aliphatic carbocycles. The van der Waals surface area contributed by atoms with Crippen molar-refractivity contribution >= 4 is 5.82 Å². The Labute approximate surface area is 117 Å². The summed E-state index contributed by atoms with van der Waals surface area (Å²) in [6.07, 6.45) is 3.93. The highest BCUT2D eigenvalue weighted by molar-refractivity contribution is 5.76. The quantitative estimate of drug-likeness (QED) is 0.848. The van der Waals surface area contributed by atoms with Crippen LogP contribution in [0.5, 0.6) is 0 Å². The Hall–Kier alpha value is -1.91. The predicted molar refractivity (Wildman–Crippen MR) is 76.2 cm³/mol. The lowest BCUT2D eigenvalue weighted by molar-refractivity contribution is 0.584. The Morgan fingerprint density at radius 1 is 1.15 bits per heavy atom. The lowest BCUT2D eigenvalue weighted by atomic mass is 10.0. The van der Waals surface area contributed by atoms with Crippen LogP contribution < -0.4 is 5.73 Å². The van der Waals surface area contributed by atoms with E-state index >= 15 is 0 Å². The highest BCUT2D eigenvalue weighted by atomic mass is 19.1. The number of nitrogens with two attached hydrogens (primary N) is 1. The molecule has 0 radical (unpaired) electrons. The van der Waals surface area contributed by atoms with Crippen molar-refractivity contribution in [1.29, 1.82) is 0 Å². The molecule has 0 amide bonds. The van der Waals surface area contributed by atoms with E-state index in [2.05, 4.69) is 12.0 Å². The van der Waals surface area contributed by atoms with Crippen LogP contribution in [-0.2, 0) is 13.5 Å². The van der Waals surface area contributed by atoms with Gasteiger partial charge in [0.2, 0.25) is 0 Å². The number of unbranched alkanes of at least 4 members (excludes halogenated alkanes) is 2. The van der Waals surface area contributed by atoms with Gasteiger partial charge in [-0.2, -0.15) is 5.10 Å². The maximum Gasteiger partial charge on any atom is 0.129 e. The number of hydrogen-bond donors (Lipinski definition) is 1. The van der Waals surface area contributed by atoms with Gasteiger partial charge < -0.3 is 5.73 Å². The van der Waals surface area contributed by atoms with E-state index in [1.54, 1.807) is 11.7 Å². The summed E-state index contributed by atoms with van der Waals surface area (Å²) in [6, 6.07) is 3.44. The molecule has 0 aliphatic heterocycles. The third-order valence-electron chi connectivity index (χ3n) is 3.33. The molecular weight excluding hydrogens is 260 g/mol. The van der Waals surface area contributed by atoms with Gasteiger partial charge in [-0.15, -0.1) is 0 Å². The number of benzene rings is 1. The summed E-state index contributed by atoms with van der Waals surface area (Å²) < 4.78 is 28.3. The van der Waals surface area contributed by atoms with Crippen molar-refractivity contribution in [3.05, 3.63) is 35.5 Å². The molecule has 1 heterocycles. The second kappa shape index (κ2) is 6.03. The molecule has 0 bridgehead atoms. The molecule has 1 aromatic heterocycles. The van der Waals surface area contributed by atoms with Gasteiger partial charge in [-0.05, 0) is 30.5 Å². The molecule has 108 valence electrons. The average Bonchev–Trinajstić information content (AvgIpc) is 2.64. The minimum atomic E-state index is -0.609. The van der Waals surface area contributed by atoms with E-state index in [1.165, 1.54) is 12.1 Å². The number of aryl methyl sites for hydroxylation is 2. The zero-order chi connectivity index (χ0) is 14.7. The second-order valence-corrected chi connectivity index (χ2v) is 4.95.